The van der Waals surface area contributed by atoms with E-state index in [2.05, 4.69) is 31.4 Å². The van der Waals surface area contributed by atoms with Gasteiger partial charge in [-0.3, -0.25) is 9.59 Å². The van der Waals surface area contributed by atoms with Gasteiger partial charge in [-0.15, -0.1) is 0 Å². The lowest BCUT2D eigenvalue weighted by Crippen LogP contribution is -2.36. The highest BCUT2D eigenvalue weighted by Gasteiger charge is 2.16. The van der Waals surface area contributed by atoms with E-state index in [0.29, 0.717) is 30.2 Å². The first-order valence-electron chi connectivity index (χ1n) is 9.15. The predicted octanol–water partition coefficient (Wildman–Crippen LogP) is 3.30. The SMILES string of the molecule is COc1ccc(CCNC(=O)C(=O)Nc2ccc(C(C)(C)C)cc2)cc1OC. The molecule has 0 unspecified atom stereocenters. The van der Waals surface area contributed by atoms with Crippen molar-refractivity contribution in [1.82, 2.24) is 5.32 Å². The third-order valence-electron chi connectivity index (χ3n) is 4.36. The molecular formula is C22H28N2O4. The number of hydrogen-bond donors (Lipinski definition) is 2. The Balaban J connectivity index is 1.85. The van der Waals surface area contributed by atoms with Crippen LogP contribution in [0.2, 0.25) is 0 Å². The molecule has 0 heterocycles. The van der Waals surface area contributed by atoms with Crippen LogP contribution in [0.3, 0.4) is 0 Å². The normalized spacial score (nSPS) is 10.9. The molecule has 0 saturated carbocycles. The number of hydrogen-bond acceptors (Lipinski definition) is 4. The smallest absolute Gasteiger partial charge is 0.313 e. The molecule has 2 N–H and O–H groups in total. The fourth-order valence-corrected chi connectivity index (χ4v) is 2.68. The van der Waals surface area contributed by atoms with E-state index in [9.17, 15) is 9.59 Å². The van der Waals surface area contributed by atoms with Crippen molar-refractivity contribution < 1.29 is 19.1 Å². The molecule has 0 atom stereocenters. The molecule has 2 amide bonds. The number of methoxy groups -OCH3 is 2. The van der Waals surface area contributed by atoms with Crippen molar-refractivity contribution in [3.05, 3.63) is 53.6 Å². The van der Waals surface area contributed by atoms with Gasteiger partial charge in [0, 0.05) is 12.2 Å². The molecule has 28 heavy (non-hydrogen) atoms. The minimum absolute atomic E-state index is 0.0318. The van der Waals surface area contributed by atoms with Gasteiger partial charge in [-0.25, -0.2) is 0 Å². The van der Waals surface area contributed by atoms with Crippen LogP contribution in [0.15, 0.2) is 42.5 Å². The van der Waals surface area contributed by atoms with Gasteiger partial charge in [-0.05, 0) is 47.2 Å². The summed E-state index contributed by atoms with van der Waals surface area (Å²) in [6.07, 6.45) is 0.569. The monoisotopic (exact) mass is 384 g/mol. The molecule has 0 aliphatic carbocycles. The van der Waals surface area contributed by atoms with Crippen LogP contribution in [0.25, 0.3) is 0 Å². The molecule has 0 aliphatic rings. The van der Waals surface area contributed by atoms with E-state index in [1.54, 1.807) is 26.4 Å². The van der Waals surface area contributed by atoms with Gasteiger partial charge in [0.25, 0.3) is 0 Å². The van der Waals surface area contributed by atoms with Crippen LogP contribution in [0.1, 0.15) is 31.9 Å². The largest absolute Gasteiger partial charge is 0.493 e. The summed E-state index contributed by atoms with van der Waals surface area (Å²) in [5.41, 5.74) is 2.75. The number of carbonyl (C=O) groups excluding carboxylic acids is 2. The third-order valence-corrected chi connectivity index (χ3v) is 4.36. The van der Waals surface area contributed by atoms with Gasteiger partial charge in [-0.1, -0.05) is 39.0 Å². The Hall–Kier alpha value is -3.02. The van der Waals surface area contributed by atoms with Crippen LogP contribution in [0, 0.1) is 0 Å². The zero-order valence-electron chi connectivity index (χ0n) is 17.1. The summed E-state index contributed by atoms with van der Waals surface area (Å²) in [7, 11) is 3.15. The number of benzene rings is 2. The average Bonchev–Trinajstić information content (AvgIpc) is 2.67. The van der Waals surface area contributed by atoms with Crippen molar-refractivity contribution in [2.45, 2.75) is 32.6 Å². The summed E-state index contributed by atoms with van der Waals surface area (Å²) < 4.78 is 10.5. The predicted molar refractivity (Wildman–Crippen MR) is 110 cm³/mol. The summed E-state index contributed by atoms with van der Waals surface area (Å²) in [6, 6.07) is 13.1. The topological polar surface area (TPSA) is 76.7 Å². The van der Waals surface area contributed by atoms with Crippen molar-refractivity contribution in [3.8, 4) is 11.5 Å². The fraction of sp³-hybridized carbons (Fsp3) is 0.364. The Morgan fingerprint density at radius 3 is 2.11 bits per heavy atom. The van der Waals surface area contributed by atoms with Crippen LogP contribution in [-0.2, 0) is 21.4 Å². The van der Waals surface area contributed by atoms with Crippen LogP contribution in [0.5, 0.6) is 11.5 Å². The van der Waals surface area contributed by atoms with E-state index in [4.69, 9.17) is 9.47 Å². The molecule has 0 aromatic heterocycles. The maximum atomic E-state index is 12.1. The molecule has 0 radical (unpaired) electrons. The minimum Gasteiger partial charge on any atom is -0.493 e. The van der Waals surface area contributed by atoms with E-state index < -0.39 is 11.8 Å². The Labute approximate surface area is 166 Å². The Morgan fingerprint density at radius 2 is 1.54 bits per heavy atom. The molecule has 2 aromatic rings. The first kappa shape index (κ1) is 21.3. The number of amides is 2. The van der Waals surface area contributed by atoms with Gasteiger partial charge in [0.1, 0.15) is 0 Å². The van der Waals surface area contributed by atoms with Crippen LogP contribution in [0.4, 0.5) is 5.69 Å². The lowest BCUT2D eigenvalue weighted by Gasteiger charge is -2.19. The van der Waals surface area contributed by atoms with E-state index in [-0.39, 0.29) is 5.41 Å². The van der Waals surface area contributed by atoms with Crippen molar-refractivity contribution in [1.29, 1.82) is 0 Å². The highest BCUT2D eigenvalue weighted by atomic mass is 16.5. The van der Waals surface area contributed by atoms with E-state index >= 15 is 0 Å². The molecule has 0 fully saturated rings. The lowest BCUT2D eigenvalue weighted by atomic mass is 9.87. The maximum absolute atomic E-state index is 12.1. The molecule has 6 nitrogen and oxygen atoms in total. The van der Waals surface area contributed by atoms with Gasteiger partial charge in [0.2, 0.25) is 0 Å². The summed E-state index contributed by atoms with van der Waals surface area (Å²) in [5.74, 6) is -0.0777. The van der Waals surface area contributed by atoms with Crippen molar-refractivity contribution in [3.63, 3.8) is 0 Å². The summed E-state index contributed by atoms with van der Waals surface area (Å²) in [5, 5.41) is 5.24. The molecule has 150 valence electrons. The fourth-order valence-electron chi connectivity index (χ4n) is 2.68. The maximum Gasteiger partial charge on any atom is 0.313 e. The minimum atomic E-state index is -0.684. The Morgan fingerprint density at radius 1 is 0.893 bits per heavy atom. The Bertz CT molecular complexity index is 823. The summed E-state index contributed by atoms with van der Waals surface area (Å²) in [4.78, 5) is 24.1. The van der Waals surface area contributed by atoms with Gasteiger partial charge in [0.15, 0.2) is 11.5 Å². The lowest BCUT2D eigenvalue weighted by molar-refractivity contribution is -0.136. The number of nitrogens with one attached hydrogen (secondary N) is 2. The van der Waals surface area contributed by atoms with Gasteiger partial charge >= 0.3 is 11.8 Å². The first-order chi connectivity index (χ1) is 13.2. The average molecular weight is 384 g/mol. The van der Waals surface area contributed by atoms with Crippen molar-refractivity contribution >= 4 is 17.5 Å². The standard InChI is InChI=1S/C22H28N2O4/c1-22(2,3)16-7-9-17(10-8-16)24-21(26)20(25)23-13-12-15-6-11-18(27-4)19(14-15)28-5/h6-11,14H,12-13H2,1-5H3,(H,23,25)(H,24,26). The molecule has 2 aromatic carbocycles. The van der Waals surface area contributed by atoms with Crippen molar-refractivity contribution in [2.75, 3.05) is 26.1 Å². The molecule has 0 aliphatic heterocycles. The highest BCUT2D eigenvalue weighted by molar-refractivity contribution is 6.39. The second kappa shape index (κ2) is 9.26. The van der Waals surface area contributed by atoms with E-state index in [1.165, 1.54) is 0 Å². The van der Waals surface area contributed by atoms with Crippen LogP contribution >= 0.6 is 0 Å². The van der Waals surface area contributed by atoms with Crippen LogP contribution in [-0.4, -0.2) is 32.6 Å². The first-order valence-corrected chi connectivity index (χ1v) is 9.15. The quantitative estimate of drug-likeness (QED) is 0.749. The molecule has 6 heteroatoms. The number of rotatable bonds is 6. The molecule has 0 bridgehead atoms. The second-order valence-electron chi connectivity index (χ2n) is 7.48. The van der Waals surface area contributed by atoms with E-state index in [0.717, 1.165) is 11.1 Å². The summed E-state index contributed by atoms with van der Waals surface area (Å²) >= 11 is 0. The van der Waals surface area contributed by atoms with E-state index in [1.807, 2.05) is 30.3 Å². The van der Waals surface area contributed by atoms with Crippen molar-refractivity contribution in [2.24, 2.45) is 0 Å². The highest BCUT2D eigenvalue weighted by Crippen LogP contribution is 2.27. The van der Waals surface area contributed by atoms with Gasteiger partial charge in [-0.2, -0.15) is 0 Å². The van der Waals surface area contributed by atoms with Gasteiger partial charge in [0.05, 0.1) is 14.2 Å². The molecule has 0 saturated heterocycles. The number of anilines is 1. The Kier molecular flexibility index (Phi) is 7.04. The number of ether oxygens (including phenoxy) is 2. The summed E-state index contributed by atoms with van der Waals surface area (Å²) in [6.45, 7) is 6.69. The zero-order chi connectivity index (χ0) is 20.7. The number of carbonyl (C=O) groups is 2. The zero-order valence-corrected chi connectivity index (χ0v) is 17.1. The molecule has 2 rings (SSSR count). The van der Waals surface area contributed by atoms with Crippen LogP contribution < -0.4 is 20.1 Å². The molecule has 0 spiro atoms. The third kappa shape index (κ3) is 5.74. The second-order valence-corrected chi connectivity index (χ2v) is 7.48. The van der Waals surface area contributed by atoms with Gasteiger partial charge < -0.3 is 20.1 Å². The molecular weight excluding hydrogens is 356 g/mol.